The highest BCUT2D eigenvalue weighted by atomic mass is 16.5. The Morgan fingerprint density at radius 3 is 2.67 bits per heavy atom. The molecule has 0 radical (unpaired) electrons. The maximum Gasteiger partial charge on any atom is 0.317 e. The Labute approximate surface area is 121 Å². The van der Waals surface area contributed by atoms with E-state index >= 15 is 0 Å². The fourth-order valence-corrected chi connectivity index (χ4v) is 2.45. The highest BCUT2D eigenvalue weighted by Gasteiger charge is 2.20. The van der Waals surface area contributed by atoms with Gasteiger partial charge in [0, 0.05) is 38.8 Å². The first-order valence-corrected chi connectivity index (χ1v) is 6.87. The van der Waals surface area contributed by atoms with Crippen LogP contribution in [0.3, 0.4) is 0 Å². The topological polar surface area (TPSA) is 83.0 Å². The molecule has 1 aliphatic rings. The highest BCUT2D eigenvalue weighted by molar-refractivity contribution is 5.69. The van der Waals surface area contributed by atoms with Crippen molar-refractivity contribution >= 4 is 5.97 Å². The number of hydrogen-bond acceptors (Lipinski definition) is 6. The predicted molar refractivity (Wildman–Crippen MR) is 73.6 cm³/mol. The van der Waals surface area contributed by atoms with Crippen molar-refractivity contribution in [3.05, 3.63) is 30.2 Å². The van der Waals surface area contributed by atoms with Gasteiger partial charge in [-0.25, -0.2) is 0 Å². The van der Waals surface area contributed by atoms with E-state index < -0.39 is 5.97 Å². The highest BCUT2D eigenvalue weighted by Crippen LogP contribution is 2.21. The van der Waals surface area contributed by atoms with Gasteiger partial charge in [0.15, 0.2) is 5.76 Å². The van der Waals surface area contributed by atoms with Crippen LogP contribution in [-0.4, -0.2) is 58.8 Å². The predicted octanol–water partition coefficient (Wildman–Crippen LogP) is 1.14. The van der Waals surface area contributed by atoms with Gasteiger partial charge in [-0.2, -0.15) is 0 Å². The number of hydrogen-bond donors (Lipinski definition) is 1. The van der Waals surface area contributed by atoms with Crippen molar-refractivity contribution in [2.45, 2.75) is 6.54 Å². The second-order valence-corrected chi connectivity index (χ2v) is 5.11. The molecule has 1 fully saturated rings. The Balaban J connectivity index is 1.53. The van der Waals surface area contributed by atoms with Crippen LogP contribution < -0.4 is 0 Å². The minimum absolute atomic E-state index is 0.112. The normalized spacial score (nSPS) is 17.1. The third-order valence-electron chi connectivity index (χ3n) is 3.53. The van der Waals surface area contributed by atoms with Crippen molar-refractivity contribution in [1.29, 1.82) is 0 Å². The number of carboxylic acids is 1. The van der Waals surface area contributed by atoms with Gasteiger partial charge < -0.3 is 14.0 Å². The monoisotopic (exact) mass is 291 g/mol. The molecule has 0 atom stereocenters. The Kier molecular flexibility index (Phi) is 4.03. The summed E-state index contributed by atoms with van der Waals surface area (Å²) in [7, 11) is 0. The van der Waals surface area contributed by atoms with Crippen molar-refractivity contribution in [3.63, 3.8) is 0 Å². The van der Waals surface area contributed by atoms with Gasteiger partial charge in [-0.05, 0) is 12.1 Å². The van der Waals surface area contributed by atoms with E-state index in [0.29, 0.717) is 18.1 Å². The molecule has 0 spiro atoms. The van der Waals surface area contributed by atoms with E-state index in [4.69, 9.17) is 14.0 Å². The van der Waals surface area contributed by atoms with E-state index in [1.807, 2.05) is 17.0 Å². The molecule has 0 aliphatic carbocycles. The summed E-state index contributed by atoms with van der Waals surface area (Å²) in [6.45, 7) is 3.99. The van der Waals surface area contributed by atoms with Crippen LogP contribution in [0.2, 0.25) is 0 Å². The Bertz CT molecular complexity index is 585. The first-order valence-electron chi connectivity index (χ1n) is 6.87. The van der Waals surface area contributed by atoms with Crippen LogP contribution in [0.15, 0.2) is 33.4 Å². The summed E-state index contributed by atoms with van der Waals surface area (Å²) < 4.78 is 10.5. The van der Waals surface area contributed by atoms with Crippen LogP contribution >= 0.6 is 0 Å². The molecule has 112 valence electrons. The third kappa shape index (κ3) is 3.50. The third-order valence-corrected chi connectivity index (χ3v) is 3.53. The zero-order valence-corrected chi connectivity index (χ0v) is 11.6. The number of aliphatic carboxylic acids is 1. The lowest BCUT2D eigenvalue weighted by Gasteiger charge is -2.33. The van der Waals surface area contributed by atoms with Crippen LogP contribution in [0.1, 0.15) is 5.69 Å². The number of carboxylic acid groups (broad SMARTS) is 1. The zero-order chi connectivity index (χ0) is 14.7. The molecule has 3 rings (SSSR count). The van der Waals surface area contributed by atoms with E-state index in [0.717, 1.165) is 31.9 Å². The molecule has 0 unspecified atom stereocenters. The van der Waals surface area contributed by atoms with Crippen LogP contribution in [0, 0.1) is 0 Å². The summed E-state index contributed by atoms with van der Waals surface area (Å²) in [4.78, 5) is 14.8. The van der Waals surface area contributed by atoms with Gasteiger partial charge in [0.05, 0.1) is 18.5 Å². The van der Waals surface area contributed by atoms with Crippen LogP contribution in [0.25, 0.3) is 11.5 Å². The lowest BCUT2D eigenvalue weighted by Crippen LogP contribution is -2.47. The van der Waals surface area contributed by atoms with Gasteiger partial charge in [0.25, 0.3) is 0 Å². The molecule has 0 amide bonds. The van der Waals surface area contributed by atoms with Gasteiger partial charge >= 0.3 is 5.97 Å². The molecule has 1 N–H and O–H groups in total. The van der Waals surface area contributed by atoms with Crippen LogP contribution in [-0.2, 0) is 11.3 Å². The first-order chi connectivity index (χ1) is 10.2. The van der Waals surface area contributed by atoms with Crippen molar-refractivity contribution in [1.82, 2.24) is 15.0 Å². The number of piperazine rings is 1. The molecule has 0 saturated carbocycles. The van der Waals surface area contributed by atoms with Crippen molar-refractivity contribution < 1.29 is 18.8 Å². The van der Waals surface area contributed by atoms with Gasteiger partial charge in [0.2, 0.25) is 5.76 Å². The largest absolute Gasteiger partial charge is 0.480 e. The maximum absolute atomic E-state index is 10.7. The summed E-state index contributed by atoms with van der Waals surface area (Å²) in [6, 6.07) is 5.51. The lowest BCUT2D eigenvalue weighted by atomic mass is 10.2. The van der Waals surface area contributed by atoms with Crippen LogP contribution in [0.4, 0.5) is 0 Å². The standard InChI is InChI=1S/C14H17N3O4/c18-14(19)10-17-5-3-16(4-6-17)9-11-8-13(21-15-11)12-2-1-7-20-12/h1-2,7-8H,3-6,9-10H2,(H,18,19). The Morgan fingerprint density at radius 2 is 2.00 bits per heavy atom. The smallest absolute Gasteiger partial charge is 0.317 e. The summed E-state index contributed by atoms with van der Waals surface area (Å²) in [5.74, 6) is 0.516. The number of aromatic nitrogens is 1. The number of rotatable bonds is 5. The molecule has 3 heterocycles. The average molecular weight is 291 g/mol. The second-order valence-electron chi connectivity index (χ2n) is 5.11. The molecule has 0 aromatic carbocycles. The lowest BCUT2D eigenvalue weighted by molar-refractivity contribution is -0.138. The summed E-state index contributed by atoms with van der Waals surface area (Å²) in [5.41, 5.74) is 0.855. The van der Waals surface area contributed by atoms with E-state index in [1.54, 1.807) is 12.3 Å². The van der Waals surface area contributed by atoms with Crippen molar-refractivity contribution in [2.75, 3.05) is 32.7 Å². The first kappa shape index (κ1) is 13.8. The van der Waals surface area contributed by atoms with E-state index in [1.165, 1.54) is 0 Å². The summed E-state index contributed by atoms with van der Waals surface area (Å²) >= 11 is 0. The summed E-state index contributed by atoms with van der Waals surface area (Å²) in [5, 5.41) is 12.8. The SMILES string of the molecule is O=C(O)CN1CCN(Cc2cc(-c3ccco3)on2)CC1. The number of carbonyl (C=O) groups is 1. The molecule has 1 saturated heterocycles. The molecule has 0 bridgehead atoms. The van der Waals surface area contributed by atoms with E-state index in [9.17, 15) is 4.79 Å². The fourth-order valence-electron chi connectivity index (χ4n) is 2.45. The van der Waals surface area contributed by atoms with Gasteiger partial charge in [0.1, 0.15) is 0 Å². The minimum atomic E-state index is -0.775. The molecule has 1 aliphatic heterocycles. The molecule has 2 aromatic heterocycles. The zero-order valence-electron chi connectivity index (χ0n) is 11.6. The molecule has 7 nitrogen and oxygen atoms in total. The van der Waals surface area contributed by atoms with Crippen molar-refractivity contribution in [2.24, 2.45) is 0 Å². The van der Waals surface area contributed by atoms with Gasteiger partial charge in [-0.3, -0.25) is 14.6 Å². The number of nitrogens with zero attached hydrogens (tertiary/aromatic N) is 3. The molecular formula is C14H17N3O4. The summed E-state index contributed by atoms with van der Waals surface area (Å²) in [6.07, 6.45) is 1.60. The van der Waals surface area contributed by atoms with E-state index in [-0.39, 0.29) is 6.54 Å². The molecular weight excluding hydrogens is 274 g/mol. The molecule has 21 heavy (non-hydrogen) atoms. The number of furan rings is 1. The van der Waals surface area contributed by atoms with E-state index in [2.05, 4.69) is 10.1 Å². The minimum Gasteiger partial charge on any atom is -0.480 e. The van der Waals surface area contributed by atoms with Gasteiger partial charge in [-0.1, -0.05) is 5.16 Å². The van der Waals surface area contributed by atoms with Gasteiger partial charge in [-0.15, -0.1) is 0 Å². The second kappa shape index (κ2) is 6.11. The Morgan fingerprint density at radius 1 is 1.24 bits per heavy atom. The molecule has 2 aromatic rings. The molecule has 7 heteroatoms. The van der Waals surface area contributed by atoms with Crippen LogP contribution in [0.5, 0.6) is 0 Å². The fraction of sp³-hybridized carbons (Fsp3) is 0.429. The average Bonchev–Trinajstić information content (AvgIpc) is 3.11. The quantitative estimate of drug-likeness (QED) is 0.884. The maximum atomic E-state index is 10.7. The van der Waals surface area contributed by atoms with Crippen molar-refractivity contribution in [3.8, 4) is 11.5 Å². The Hall–Kier alpha value is -2.12.